The van der Waals surface area contributed by atoms with Crippen LogP contribution in [0.15, 0.2) is 110 Å². The molecule has 206 valence electrons. The van der Waals surface area contributed by atoms with Gasteiger partial charge in [0.15, 0.2) is 0 Å². The van der Waals surface area contributed by atoms with Crippen molar-refractivity contribution >= 4 is 41.2 Å². The van der Waals surface area contributed by atoms with E-state index in [9.17, 15) is 8.78 Å². The van der Waals surface area contributed by atoms with E-state index in [0.29, 0.717) is 0 Å². The number of allylic oxidation sites excluding steroid dienone is 4. The number of halogens is 4. The molecule has 0 nitrogen and oxygen atoms in total. The van der Waals surface area contributed by atoms with Crippen LogP contribution in [0.3, 0.4) is 0 Å². The number of benzene rings is 4. The van der Waals surface area contributed by atoms with E-state index in [1.165, 1.54) is 101 Å². The molecule has 0 unspecified atom stereocenters. The Morgan fingerprint density at radius 1 is 0.750 bits per heavy atom. The van der Waals surface area contributed by atoms with Crippen LogP contribution in [-0.2, 0) is 30.7 Å². The monoisotopic (exact) mass is 648 g/mol. The molecule has 0 aromatic heterocycles. The van der Waals surface area contributed by atoms with Crippen molar-refractivity contribution in [3.63, 3.8) is 0 Å². The second kappa shape index (κ2) is 21.8. The Bertz CT molecular complexity index is 1250. The van der Waals surface area contributed by atoms with Crippen LogP contribution in [0.4, 0.5) is 8.78 Å². The van der Waals surface area contributed by atoms with Crippen LogP contribution in [0.1, 0.15) is 28.7 Å². The summed E-state index contributed by atoms with van der Waals surface area (Å²) in [5.41, 5.74) is 7.56. The molecule has 40 heavy (non-hydrogen) atoms. The van der Waals surface area contributed by atoms with Crippen LogP contribution in [-0.4, -0.2) is 4.21 Å². The zero-order valence-corrected chi connectivity index (χ0v) is 26.1. The first-order chi connectivity index (χ1) is 18.6. The standard InChI is InChI=1S/C17H13.2C6H4F.C5H5.CH2.2ClH.Zr/c1-3-12-5-7-14-11-15-8-6-13(4-2)10-17(15)16(14)9-12;2*7-6-4-2-1-3-5-6;1-2-4-5-3-1;;;;/h3-7,9-10H,1-2,11H2;2*2-5H;1-3H,4H2;1H2;2*1H;/q4*-1;;;;. The van der Waals surface area contributed by atoms with Crippen LogP contribution < -0.4 is 0 Å². The molecule has 4 aromatic rings. The minimum absolute atomic E-state index is 0. The summed E-state index contributed by atoms with van der Waals surface area (Å²) in [4.78, 5) is 0. The van der Waals surface area contributed by atoms with Crippen LogP contribution in [0, 0.1) is 35.9 Å². The fourth-order valence-corrected chi connectivity index (χ4v) is 3.44. The third kappa shape index (κ3) is 12.9. The topological polar surface area (TPSA) is 0 Å². The van der Waals surface area contributed by atoms with E-state index >= 15 is 0 Å². The molecular weight excluding hydrogens is 621 g/mol. The van der Waals surface area contributed by atoms with Gasteiger partial charge in [0.25, 0.3) is 0 Å². The van der Waals surface area contributed by atoms with Gasteiger partial charge in [0.2, 0.25) is 0 Å². The van der Waals surface area contributed by atoms with Crippen molar-refractivity contribution in [1.82, 2.24) is 0 Å². The molecule has 5 heteroatoms. The second-order valence-corrected chi connectivity index (χ2v) is 7.77. The summed E-state index contributed by atoms with van der Waals surface area (Å²) >= 11 is 1.30. The van der Waals surface area contributed by atoms with E-state index in [2.05, 4.69) is 72.0 Å². The fourth-order valence-electron chi connectivity index (χ4n) is 3.44. The Morgan fingerprint density at radius 2 is 1.30 bits per heavy atom. The zero-order chi connectivity index (χ0) is 27.6. The van der Waals surface area contributed by atoms with Gasteiger partial charge in [-0.05, 0) is 12.0 Å². The number of hydrogen-bond donors (Lipinski definition) is 0. The van der Waals surface area contributed by atoms with E-state index in [1.807, 2.05) is 30.4 Å². The first-order valence-corrected chi connectivity index (χ1v) is 13.6. The van der Waals surface area contributed by atoms with Gasteiger partial charge in [0.05, 0.1) is 0 Å². The van der Waals surface area contributed by atoms with Crippen molar-refractivity contribution in [2.45, 2.75) is 12.8 Å². The third-order valence-corrected chi connectivity index (χ3v) is 5.25. The van der Waals surface area contributed by atoms with Crippen molar-refractivity contribution in [2.75, 3.05) is 0 Å². The summed E-state index contributed by atoms with van der Waals surface area (Å²) in [5.74, 6) is -0.419. The van der Waals surface area contributed by atoms with Gasteiger partial charge in [-0.15, -0.1) is 79.3 Å². The van der Waals surface area contributed by atoms with Crippen molar-refractivity contribution in [2.24, 2.45) is 0 Å². The van der Waals surface area contributed by atoms with Gasteiger partial charge in [-0.1, -0.05) is 42.0 Å². The number of fused-ring (bicyclic) bond motifs is 3. The fraction of sp³-hybridized carbons (Fsp3) is 0.0571. The molecule has 0 saturated heterocycles. The Morgan fingerprint density at radius 3 is 1.70 bits per heavy atom. The number of rotatable bonds is 2. The molecule has 6 rings (SSSR count). The first-order valence-electron chi connectivity index (χ1n) is 11.8. The van der Waals surface area contributed by atoms with E-state index in [0.717, 1.165) is 18.4 Å². The molecule has 0 bridgehead atoms. The summed E-state index contributed by atoms with van der Waals surface area (Å²) in [6, 6.07) is 31.0. The van der Waals surface area contributed by atoms with Crippen molar-refractivity contribution in [1.29, 1.82) is 0 Å². The maximum atomic E-state index is 11.9. The summed E-state index contributed by atoms with van der Waals surface area (Å²) in [6.07, 6.45) is 14.7. The van der Waals surface area contributed by atoms with Crippen LogP contribution in [0.25, 0.3) is 23.3 Å². The van der Waals surface area contributed by atoms with E-state index in [-0.39, 0.29) is 36.4 Å². The Labute approximate surface area is 265 Å². The van der Waals surface area contributed by atoms with Gasteiger partial charge < -0.3 is 0 Å². The summed E-state index contributed by atoms with van der Waals surface area (Å²) in [6.45, 7) is 7.63. The predicted molar refractivity (Wildman–Crippen MR) is 167 cm³/mol. The van der Waals surface area contributed by atoms with Gasteiger partial charge in [0.1, 0.15) is 0 Å². The third-order valence-electron chi connectivity index (χ3n) is 5.25. The molecule has 0 N–H and O–H groups in total. The molecule has 0 aliphatic heterocycles. The van der Waals surface area contributed by atoms with Gasteiger partial charge >= 0.3 is 28.4 Å². The molecule has 4 aromatic carbocycles. The molecule has 0 radical (unpaired) electrons. The molecule has 2 aliphatic rings. The molecule has 0 fully saturated rings. The quantitative estimate of drug-likeness (QED) is 0.167. The van der Waals surface area contributed by atoms with Gasteiger partial charge in [-0.25, -0.2) is 20.9 Å². The molecule has 0 spiro atoms. The molecule has 0 saturated carbocycles. The first kappa shape index (κ1) is 37.0. The minimum atomic E-state index is -0.209. The van der Waals surface area contributed by atoms with Gasteiger partial charge in [-0.2, -0.15) is 66.2 Å². The summed E-state index contributed by atoms with van der Waals surface area (Å²) < 4.78 is 27.1. The molecule has 0 atom stereocenters. The second-order valence-electron chi connectivity index (χ2n) is 7.77. The van der Waals surface area contributed by atoms with Crippen molar-refractivity contribution < 1.29 is 33.0 Å². The number of hydrogen-bond acceptors (Lipinski definition) is 0. The summed E-state index contributed by atoms with van der Waals surface area (Å²) in [5, 5.41) is 0. The summed E-state index contributed by atoms with van der Waals surface area (Å²) in [7, 11) is 0. The van der Waals surface area contributed by atoms with Gasteiger partial charge in [0, 0.05) is 11.6 Å². The normalized spacial score (nSPS) is 10.3. The van der Waals surface area contributed by atoms with Gasteiger partial charge in [-0.3, -0.25) is 6.08 Å². The molecule has 0 amide bonds. The van der Waals surface area contributed by atoms with E-state index in [1.54, 1.807) is 0 Å². The van der Waals surface area contributed by atoms with E-state index < -0.39 is 0 Å². The maximum absolute atomic E-state index is 11.9. The van der Waals surface area contributed by atoms with Crippen LogP contribution in [0.5, 0.6) is 0 Å². The van der Waals surface area contributed by atoms with Crippen LogP contribution >= 0.6 is 24.8 Å². The average molecular weight is 651 g/mol. The van der Waals surface area contributed by atoms with Crippen LogP contribution in [0.2, 0.25) is 0 Å². The average Bonchev–Trinajstić information content (AvgIpc) is 3.67. The van der Waals surface area contributed by atoms with Crippen molar-refractivity contribution in [3.05, 3.63) is 168 Å². The Balaban J connectivity index is 0.000000554. The predicted octanol–water partition coefficient (Wildman–Crippen LogP) is 9.71. The van der Waals surface area contributed by atoms with Crippen molar-refractivity contribution in [3.8, 4) is 11.1 Å². The van der Waals surface area contributed by atoms with E-state index in [4.69, 9.17) is 0 Å². The SMILES string of the molecule is C=Cc1c[c-]c2c(c1)-c1cc(C=C)ccc1C2.Cl.Cl.Fc1cc[c-]cc1.Fc1cc[c-]cc1.[C-]1=CC=CC1.[CH2]=[Zr]. The zero-order valence-electron chi connectivity index (χ0n) is 22.0. The molecule has 2 aliphatic carbocycles. The Kier molecular flexibility index (Phi) is 20.2. The molecular formula is C35H30Cl2F2Zr-4. The Hall–Kier alpha value is -2.97. The molecule has 0 heterocycles.